The number of halogens is 1. The van der Waals surface area contributed by atoms with Gasteiger partial charge in [0.2, 0.25) is 17.2 Å². The number of anilines is 5. The maximum Gasteiger partial charge on any atom is 0.297 e. The van der Waals surface area contributed by atoms with Gasteiger partial charge < -0.3 is 21.5 Å². The second-order valence-electron chi connectivity index (χ2n) is 14.2. The fraction of sp³-hybridized carbons (Fsp3) is 0.0541. The van der Waals surface area contributed by atoms with Gasteiger partial charge in [0.25, 0.3) is 20.2 Å². The molecule has 0 saturated carbocycles. The van der Waals surface area contributed by atoms with Gasteiger partial charge in [-0.3, -0.25) is 13.3 Å². The Morgan fingerprint density at radius 2 is 1.23 bits per heavy atom. The van der Waals surface area contributed by atoms with E-state index in [1.807, 2.05) is 0 Å². The number of rotatable bonds is 26. The Morgan fingerprint density at radius 3 is 1.88 bits per heavy atom. The molecular weight excluding hydrogens is 1200 g/mol. The van der Waals surface area contributed by atoms with Gasteiger partial charge in [-0.05, 0) is 89.1 Å². The Morgan fingerprint density at radius 1 is 0.623 bits per heavy atom. The first kappa shape index (κ1) is 58.9. The minimum absolute atomic E-state index is 0.0260. The van der Waals surface area contributed by atoms with Crippen LogP contribution in [0.4, 0.5) is 51.7 Å². The van der Waals surface area contributed by atoms with Crippen molar-refractivity contribution >= 4 is 163 Å². The van der Waals surface area contributed by atoms with Crippen molar-refractivity contribution in [3.63, 3.8) is 0 Å². The van der Waals surface area contributed by atoms with Gasteiger partial charge in [0.05, 0.1) is 74.2 Å². The van der Waals surface area contributed by atoms with Gasteiger partial charge >= 0.3 is 0 Å². The highest BCUT2D eigenvalue weighted by Gasteiger charge is 2.27. The number of benzene rings is 6. The molecule has 7 rings (SSSR count). The Balaban J connectivity index is 1.24. The van der Waals surface area contributed by atoms with E-state index in [2.05, 4.69) is 83.5 Å². The largest absolute Gasteiger partial charge is 0.505 e. The normalized spacial score (nSPS) is 12.4. The minimum atomic E-state index is -5.27. The smallest absolute Gasteiger partial charge is 0.297 e. The molecule has 0 saturated heterocycles. The van der Waals surface area contributed by atoms with E-state index in [1.165, 1.54) is 66.7 Å². The molecule has 0 aliphatic heterocycles. The van der Waals surface area contributed by atoms with E-state index in [4.69, 9.17) is 42.5 Å². The van der Waals surface area contributed by atoms with Crippen LogP contribution >= 0.6 is 60.1 Å². The molecule has 0 fully saturated rings. The van der Waals surface area contributed by atoms with Gasteiger partial charge in [-0.2, -0.15) is 31.8 Å². The summed E-state index contributed by atoms with van der Waals surface area (Å²) in [7, 11) is -14.2. The number of nitrogens with two attached hydrogens (primary N) is 1. The predicted octanol–water partition coefficient (Wildman–Crippen LogP) is 9.99. The molecule has 408 valence electrons. The molecule has 6 aromatic carbocycles. The summed E-state index contributed by atoms with van der Waals surface area (Å²) in [4.78, 5) is 10.5. The molecule has 1 aromatic heterocycles. The molecule has 11 N–H and O–H groups in total. The third-order valence-corrected chi connectivity index (χ3v) is 15.6. The first-order valence-electron chi connectivity index (χ1n) is 19.9. The number of hydrogen-bond acceptors (Lipinski definition) is 34. The molecule has 0 radical (unpaired) electrons. The minimum Gasteiger partial charge on any atom is -0.505 e. The molecule has 0 aliphatic carbocycles. The molecule has 0 aliphatic rings. The van der Waals surface area contributed by atoms with E-state index in [9.17, 15) is 39.5 Å². The topological polar surface area (TPSA) is 465 Å². The van der Waals surface area contributed by atoms with Crippen LogP contribution in [0.15, 0.2) is 135 Å². The number of phenolic OH excluding ortho intramolecular Hbond substituents is 1. The highest BCUT2D eigenvalue weighted by molar-refractivity contribution is 7.95. The first-order valence-corrected chi connectivity index (χ1v) is 27.7. The number of nitrogens with zero attached hydrogens (tertiary/aromatic N) is 7. The van der Waals surface area contributed by atoms with Crippen LogP contribution in [-0.2, 0) is 71.7 Å². The van der Waals surface area contributed by atoms with Crippen LogP contribution in [0.5, 0.6) is 5.75 Å². The molecule has 0 spiro atoms. The molecule has 1 heterocycles. The van der Waals surface area contributed by atoms with E-state index in [1.54, 1.807) is 0 Å². The van der Waals surface area contributed by atoms with E-state index >= 15 is 0 Å². The van der Waals surface area contributed by atoms with Crippen molar-refractivity contribution < 1.29 is 102 Å². The summed E-state index contributed by atoms with van der Waals surface area (Å²) in [6, 6.07) is 18.0. The highest BCUT2D eigenvalue weighted by Crippen LogP contribution is 2.50. The molecule has 0 amide bonds. The van der Waals surface area contributed by atoms with Gasteiger partial charge in [0.15, 0.2) is 27.9 Å². The van der Waals surface area contributed by atoms with Crippen molar-refractivity contribution in [2.24, 2.45) is 20.5 Å². The lowest BCUT2D eigenvalue weighted by atomic mass is 10.1. The highest BCUT2D eigenvalue weighted by atomic mass is 35.5. The van der Waals surface area contributed by atoms with Crippen LogP contribution in [-0.4, -0.2) is 87.8 Å². The lowest BCUT2D eigenvalue weighted by molar-refractivity contribution is -0.434. The SMILES string of the molecule is Nc1c(/N=N/c2cc(Nc3nc(Cl)nc(Nc4ccc(S(=O)(=O)CCOSOOO)cc4)n3)ccc2SOOO)c(S(=O)(=O)O)cc2cc(SOOO)c(/N=N/c3ccc4c(SOOO)cccc4c3S(=O)(=O)O)c(O)c12. The van der Waals surface area contributed by atoms with Crippen LogP contribution in [0.1, 0.15) is 0 Å². The number of azo groups is 2. The van der Waals surface area contributed by atoms with E-state index in [0.717, 1.165) is 18.2 Å². The number of aromatic hydroxyl groups is 1. The Hall–Kier alpha value is -5.81. The number of nitrogen functional groups attached to an aromatic ring is 1. The van der Waals surface area contributed by atoms with Crippen molar-refractivity contribution in [3.05, 3.63) is 90.2 Å². The second-order valence-corrected chi connectivity index (χ2v) is 22.1. The van der Waals surface area contributed by atoms with Crippen molar-refractivity contribution in [1.29, 1.82) is 0 Å². The molecule has 0 atom stereocenters. The monoisotopic (exact) mass is 1220 g/mol. The van der Waals surface area contributed by atoms with Crippen molar-refractivity contribution in [3.8, 4) is 5.75 Å². The molecule has 0 unspecified atom stereocenters. The third-order valence-electron chi connectivity index (χ3n) is 9.61. The lowest BCUT2D eigenvalue weighted by Crippen LogP contribution is -2.11. The van der Waals surface area contributed by atoms with Gasteiger partial charge in [-0.1, -0.05) is 38.4 Å². The quantitative estimate of drug-likeness (QED) is 0.00458. The Labute approximate surface area is 452 Å². The van der Waals surface area contributed by atoms with Crippen molar-refractivity contribution in [1.82, 2.24) is 15.0 Å². The zero-order valence-electron chi connectivity index (χ0n) is 37.2. The fourth-order valence-corrected chi connectivity index (χ4v) is 11.1. The lowest BCUT2D eigenvalue weighted by Gasteiger charge is -2.14. The number of hydrogen-bond donors (Lipinski definition) is 10. The van der Waals surface area contributed by atoms with E-state index in [-0.39, 0.29) is 95.3 Å². The maximum atomic E-state index is 12.9. The van der Waals surface area contributed by atoms with Crippen LogP contribution < -0.4 is 16.4 Å². The zero-order valence-corrected chi connectivity index (χ0v) is 43.7. The van der Waals surface area contributed by atoms with Gasteiger partial charge in [0.1, 0.15) is 32.5 Å². The average molecular weight is 1230 g/mol. The number of nitrogens with one attached hydrogen (secondary N) is 2. The summed E-state index contributed by atoms with van der Waals surface area (Å²) in [5.74, 6) is -1.65. The number of sulfone groups is 1. The number of fused-ring (bicyclic) bond motifs is 2. The molecular formula is C37H29ClN10O22S7. The summed E-state index contributed by atoms with van der Waals surface area (Å²) in [5, 5.41) is 81.7. The number of aromatic nitrogens is 3. The van der Waals surface area contributed by atoms with E-state index < -0.39 is 79.5 Å². The van der Waals surface area contributed by atoms with Crippen molar-refractivity contribution in [2.75, 3.05) is 28.7 Å². The summed E-state index contributed by atoms with van der Waals surface area (Å²) in [6.45, 7) is -0.307. The molecule has 7 aromatic rings. The number of phenols is 1. The summed E-state index contributed by atoms with van der Waals surface area (Å²) in [6.07, 6.45) is 0. The second kappa shape index (κ2) is 26.2. The van der Waals surface area contributed by atoms with Crippen molar-refractivity contribution in [2.45, 2.75) is 29.4 Å². The average Bonchev–Trinajstić information content (AvgIpc) is 3.39. The van der Waals surface area contributed by atoms with Crippen LogP contribution in [0.3, 0.4) is 0 Å². The van der Waals surface area contributed by atoms with Crippen LogP contribution in [0, 0.1) is 0 Å². The van der Waals surface area contributed by atoms with Gasteiger partial charge in [-0.15, -0.1) is 37.8 Å². The molecule has 32 nitrogen and oxygen atoms in total. The summed E-state index contributed by atoms with van der Waals surface area (Å²) < 4.78 is 120. The predicted molar refractivity (Wildman–Crippen MR) is 269 cm³/mol. The standard InChI is InChI=1S/C37H29ClN10O22S7/c38-35-42-36(40-18-4-7-20(8-5-18)75(54,55)13-12-62-74-70-66-53)44-37(43-35)41-19-6-11-26(72-68-64-51)24(16-19)46-48-32-28(76(56,57)58)15-17-14-27(73-69-65-52)31(33(49)29(17)30(32)39)47-45-23-10-9-21-22(34(23)77(59,60)61)2-1-3-25(21)71-67-63-50/h1-11,14-16,49-53H,12-13,39H2,(H,56,57,58)(H,59,60,61)(H2,40,41,42,43,44)/b47-45+,48-46+. The van der Waals surface area contributed by atoms with Crippen LogP contribution in [0.2, 0.25) is 5.28 Å². The van der Waals surface area contributed by atoms with Crippen LogP contribution in [0.25, 0.3) is 21.5 Å². The Bertz CT molecular complexity index is 3730. The Kier molecular flexibility index (Phi) is 20.0. The maximum absolute atomic E-state index is 12.9. The van der Waals surface area contributed by atoms with Gasteiger partial charge in [-0.25, -0.2) is 29.4 Å². The summed E-state index contributed by atoms with van der Waals surface area (Å²) >= 11 is 7.49. The molecule has 0 bridgehead atoms. The fourth-order valence-electron chi connectivity index (χ4n) is 6.58. The third kappa shape index (κ3) is 14.9. The van der Waals surface area contributed by atoms with Gasteiger partial charge in [0, 0.05) is 21.7 Å². The van der Waals surface area contributed by atoms with E-state index in [0.29, 0.717) is 29.8 Å². The first-order chi connectivity index (χ1) is 36.8. The summed E-state index contributed by atoms with van der Waals surface area (Å²) in [5.41, 5.74) is 4.20. The zero-order chi connectivity index (χ0) is 55.5. The molecule has 77 heavy (non-hydrogen) atoms. The molecule has 40 heteroatoms.